The zero-order valence-corrected chi connectivity index (χ0v) is 24.0. The van der Waals surface area contributed by atoms with Crippen molar-refractivity contribution in [2.45, 2.75) is 52.7 Å². The largest absolute Gasteiger partial charge is 0.497 e. The average Bonchev–Trinajstić information content (AvgIpc) is 3.22. The second-order valence-electron chi connectivity index (χ2n) is 9.42. The second-order valence-corrected chi connectivity index (χ2v) is 10.4. The number of methoxy groups -OCH3 is 2. The van der Waals surface area contributed by atoms with Crippen LogP contribution < -0.4 is 29.1 Å². The molecular weight excluding hydrogens is 516 g/mol. The summed E-state index contributed by atoms with van der Waals surface area (Å²) in [5.74, 6) is 1.44. The van der Waals surface area contributed by atoms with Crippen LogP contribution in [0.3, 0.4) is 0 Å². The molecule has 8 nitrogen and oxygen atoms in total. The molecule has 0 spiro atoms. The van der Waals surface area contributed by atoms with Gasteiger partial charge in [-0.1, -0.05) is 42.9 Å². The molecule has 2 heterocycles. The Bertz CT molecular complexity index is 1550. The molecule has 0 bridgehead atoms. The molecule has 0 saturated heterocycles. The quantitative estimate of drug-likeness (QED) is 0.275. The van der Waals surface area contributed by atoms with Gasteiger partial charge in [-0.25, -0.2) is 9.79 Å². The number of benzene rings is 2. The molecule has 1 aliphatic heterocycles. The fourth-order valence-corrected chi connectivity index (χ4v) is 5.38. The molecule has 0 fully saturated rings. The third-order valence-corrected chi connectivity index (χ3v) is 7.24. The molecule has 3 aromatic rings. The zero-order valence-electron chi connectivity index (χ0n) is 23.1. The predicted octanol–water partition coefficient (Wildman–Crippen LogP) is 4.38. The van der Waals surface area contributed by atoms with Crippen LogP contribution in [0.5, 0.6) is 17.2 Å². The van der Waals surface area contributed by atoms with Crippen LogP contribution in [0.1, 0.15) is 57.7 Å². The highest BCUT2D eigenvalue weighted by atomic mass is 32.1. The number of allylic oxidation sites excluding steroid dienone is 1. The van der Waals surface area contributed by atoms with E-state index in [1.807, 2.05) is 42.5 Å². The summed E-state index contributed by atoms with van der Waals surface area (Å²) in [4.78, 5) is 32.2. The van der Waals surface area contributed by atoms with Gasteiger partial charge in [-0.15, -0.1) is 0 Å². The van der Waals surface area contributed by atoms with Gasteiger partial charge in [-0.2, -0.15) is 0 Å². The maximum Gasteiger partial charge on any atom is 0.338 e. The standard InChI is InChI=1S/C30H34N2O6S/c1-7-8-15-37-23-14-9-20(16-24(23)36-6)17-25-28(33)32-27(21-10-12-22(35-5)13-11-21)26(29(34)38-18(2)3)19(4)31-30(32)39-25/h9-14,16-18,27H,7-8,15H2,1-6H3. The summed E-state index contributed by atoms with van der Waals surface area (Å²) in [7, 11) is 3.18. The number of thiazole rings is 1. The van der Waals surface area contributed by atoms with Crippen molar-refractivity contribution in [1.29, 1.82) is 0 Å². The van der Waals surface area contributed by atoms with Crippen molar-refractivity contribution in [3.05, 3.63) is 84.5 Å². The predicted molar refractivity (Wildman–Crippen MR) is 151 cm³/mol. The molecule has 39 heavy (non-hydrogen) atoms. The Morgan fingerprint density at radius 1 is 1.10 bits per heavy atom. The number of ether oxygens (including phenoxy) is 4. The lowest BCUT2D eigenvalue weighted by atomic mass is 9.96. The topological polar surface area (TPSA) is 88.4 Å². The van der Waals surface area contributed by atoms with Crippen molar-refractivity contribution in [2.75, 3.05) is 20.8 Å². The van der Waals surface area contributed by atoms with Crippen LogP contribution in [0.15, 0.2) is 63.5 Å². The van der Waals surface area contributed by atoms with E-state index in [0.29, 0.717) is 44.5 Å². The first-order valence-electron chi connectivity index (χ1n) is 13.0. The van der Waals surface area contributed by atoms with Gasteiger partial charge in [0.2, 0.25) is 0 Å². The van der Waals surface area contributed by atoms with Crippen molar-refractivity contribution in [1.82, 2.24) is 4.57 Å². The monoisotopic (exact) mass is 550 g/mol. The molecule has 1 aliphatic rings. The van der Waals surface area contributed by atoms with Gasteiger partial charge in [0.15, 0.2) is 16.3 Å². The van der Waals surface area contributed by atoms with E-state index in [1.165, 1.54) is 11.3 Å². The van der Waals surface area contributed by atoms with Gasteiger partial charge in [-0.3, -0.25) is 9.36 Å². The Balaban J connectivity index is 1.83. The van der Waals surface area contributed by atoms with Crippen molar-refractivity contribution < 1.29 is 23.7 Å². The van der Waals surface area contributed by atoms with Gasteiger partial charge >= 0.3 is 5.97 Å². The minimum atomic E-state index is -0.690. The van der Waals surface area contributed by atoms with Crippen LogP contribution in [0, 0.1) is 0 Å². The highest BCUT2D eigenvalue weighted by Gasteiger charge is 2.33. The molecule has 0 saturated carbocycles. The van der Waals surface area contributed by atoms with E-state index in [4.69, 9.17) is 18.9 Å². The van der Waals surface area contributed by atoms with Crippen LogP contribution in [-0.4, -0.2) is 37.5 Å². The first kappa shape index (κ1) is 28.2. The maximum absolute atomic E-state index is 13.8. The van der Waals surface area contributed by atoms with Crippen molar-refractivity contribution >= 4 is 23.4 Å². The SMILES string of the molecule is CCCCOc1ccc(C=c2sc3n(c2=O)C(c2ccc(OC)cc2)C(C(=O)OC(C)C)=C(C)N=3)cc1OC. The van der Waals surface area contributed by atoms with Gasteiger partial charge in [0.05, 0.1) is 48.8 Å². The molecule has 206 valence electrons. The summed E-state index contributed by atoms with van der Waals surface area (Å²) < 4.78 is 24.3. The number of rotatable bonds is 10. The van der Waals surface area contributed by atoms with Gasteiger partial charge in [0, 0.05) is 0 Å². The Hall–Kier alpha value is -3.85. The van der Waals surface area contributed by atoms with Gasteiger partial charge in [0.1, 0.15) is 5.75 Å². The third kappa shape index (κ3) is 6.09. The molecule has 0 amide bonds. The number of fused-ring (bicyclic) bond motifs is 1. The number of carbonyl (C=O) groups is 1. The van der Waals surface area contributed by atoms with Gasteiger partial charge < -0.3 is 18.9 Å². The summed E-state index contributed by atoms with van der Waals surface area (Å²) in [6.07, 6.45) is 3.48. The van der Waals surface area contributed by atoms with E-state index in [9.17, 15) is 9.59 Å². The fraction of sp³-hybridized carbons (Fsp3) is 0.367. The van der Waals surface area contributed by atoms with E-state index in [2.05, 4.69) is 11.9 Å². The van der Waals surface area contributed by atoms with Crippen LogP contribution in [0.4, 0.5) is 0 Å². The van der Waals surface area contributed by atoms with Crippen molar-refractivity contribution in [3.63, 3.8) is 0 Å². The normalized spacial score (nSPS) is 15.2. The van der Waals surface area contributed by atoms with E-state index in [0.717, 1.165) is 24.0 Å². The molecule has 2 aromatic carbocycles. The number of aromatic nitrogens is 1. The van der Waals surface area contributed by atoms with Crippen molar-refractivity contribution in [3.8, 4) is 17.2 Å². The van der Waals surface area contributed by atoms with E-state index < -0.39 is 12.0 Å². The van der Waals surface area contributed by atoms with Crippen LogP contribution in [0.2, 0.25) is 0 Å². The molecule has 1 atom stereocenters. The lowest BCUT2D eigenvalue weighted by Crippen LogP contribution is -2.40. The van der Waals surface area contributed by atoms with E-state index >= 15 is 0 Å². The number of hydrogen-bond donors (Lipinski definition) is 0. The number of carbonyl (C=O) groups excluding carboxylic acids is 1. The zero-order chi connectivity index (χ0) is 28.1. The number of hydrogen-bond acceptors (Lipinski definition) is 8. The van der Waals surface area contributed by atoms with Gasteiger partial charge in [-0.05, 0) is 68.7 Å². The minimum Gasteiger partial charge on any atom is -0.497 e. The minimum absolute atomic E-state index is 0.246. The van der Waals surface area contributed by atoms with E-state index in [1.54, 1.807) is 45.6 Å². The smallest absolute Gasteiger partial charge is 0.338 e. The molecular formula is C30H34N2O6S. The number of nitrogens with zero attached hydrogens (tertiary/aromatic N) is 2. The summed E-state index contributed by atoms with van der Waals surface area (Å²) in [5, 5.41) is 0. The lowest BCUT2D eigenvalue weighted by molar-refractivity contribution is -0.143. The molecule has 0 aliphatic carbocycles. The third-order valence-electron chi connectivity index (χ3n) is 6.26. The van der Waals surface area contributed by atoms with Gasteiger partial charge in [0.25, 0.3) is 5.56 Å². The average molecular weight is 551 g/mol. The van der Waals surface area contributed by atoms with E-state index in [-0.39, 0.29) is 11.7 Å². The summed E-state index contributed by atoms with van der Waals surface area (Å²) in [5.41, 5.74) is 2.15. The molecule has 9 heteroatoms. The molecule has 0 N–H and O–H groups in total. The lowest BCUT2D eigenvalue weighted by Gasteiger charge is -2.25. The Labute approximate surface area is 231 Å². The van der Waals surface area contributed by atoms with Crippen LogP contribution >= 0.6 is 11.3 Å². The Morgan fingerprint density at radius 2 is 1.85 bits per heavy atom. The molecule has 1 unspecified atom stereocenters. The summed E-state index contributed by atoms with van der Waals surface area (Å²) >= 11 is 1.27. The summed E-state index contributed by atoms with van der Waals surface area (Å²) in [6.45, 7) is 8.07. The second kappa shape index (κ2) is 12.3. The highest BCUT2D eigenvalue weighted by Crippen LogP contribution is 2.32. The number of esters is 1. The van der Waals surface area contributed by atoms with Crippen LogP contribution in [0.25, 0.3) is 6.08 Å². The first-order valence-corrected chi connectivity index (χ1v) is 13.8. The van der Waals surface area contributed by atoms with Crippen molar-refractivity contribution in [2.24, 2.45) is 4.99 Å². The Kier molecular flexibility index (Phi) is 8.91. The molecule has 4 rings (SSSR count). The fourth-order valence-electron chi connectivity index (χ4n) is 4.33. The maximum atomic E-state index is 13.8. The highest BCUT2D eigenvalue weighted by molar-refractivity contribution is 7.07. The summed E-state index contributed by atoms with van der Waals surface area (Å²) in [6, 6.07) is 12.2. The van der Waals surface area contributed by atoms with Crippen LogP contribution in [-0.2, 0) is 9.53 Å². The number of unbranched alkanes of at least 4 members (excludes halogenated alkanes) is 1. The molecule has 0 radical (unpaired) electrons. The first-order chi connectivity index (χ1) is 18.8. The molecule has 1 aromatic heterocycles. The Morgan fingerprint density at radius 3 is 2.49 bits per heavy atom.